The summed E-state index contributed by atoms with van der Waals surface area (Å²) < 4.78 is 0. The molecule has 3 aromatic rings. The van der Waals surface area contributed by atoms with Gasteiger partial charge in [-0.1, -0.05) is 54.1 Å². The van der Waals surface area contributed by atoms with Crippen molar-refractivity contribution in [3.8, 4) is 11.4 Å². The van der Waals surface area contributed by atoms with Crippen LogP contribution in [0.2, 0.25) is 5.02 Å². The number of halogens is 1. The van der Waals surface area contributed by atoms with Crippen molar-refractivity contribution in [1.29, 1.82) is 0 Å². The minimum Gasteiger partial charge on any atom is -0.348 e. The van der Waals surface area contributed by atoms with Crippen LogP contribution in [0.15, 0.2) is 54.6 Å². The fraction of sp³-hybridized carbons (Fsp3) is 0.176. The zero-order valence-corrected chi connectivity index (χ0v) is 13.8. The molecule has 6 nitrogen and oxygen atoms in total. The van der Waals surface area contributed by atoms with Gasteiger partial charge in [-0.25, -0.2) is 0 Å². The van der Waals surface area contributed by atoms with Crippen molar-refractivity contribution in [2.24, 2.45) is 0 Å². The second-order valence-corrected chi connectivity index (χ2v) is 5.73. The second-order valence-electron chi connectivity index (χ2n) is 5.32. The smallest absolute Gasteiger partial charge is 0.244 e. The lowest BCUT2D eigenvalue weighted by Crippen LogP contribution is -2.30. The Bertz CT molecular complexity index is 834. The van der Waals surface area contributed by atoms with Crippen molar-refractivity contribution >= 4 is 17.5 Å². The van der Waals surface area contributed by atoms with E-state index in [1.165, 1.54) is 4.80 Å². The standard InChI is InChI=1S/C17H16ClN5O/c1-12(13-7-3-2-4-8-13)19-16(24)11-23-21-17(20-22-23)14-9-5-6-10-15(14)18/h2-10,12H,11H2,1H3,(H,19,24)/t12-/m1/s1. The van der Waals surface area contributed by atoms with E-state index in [9.17, 15) is 4.79 Å². The van der Waals surface area contributed by atoms with Crippen molar-refractivity contribution < 1.29 is 4.79 Å². The number of tetrazole rings is 1. The van der Waals surface area contributed by atoms with Crippen molar-refractivity contribution in [1.82, 2.24) is 25.5 Å². The predicted octanol–water partition coefficient (Wildman–Crippen LogP) is 2.87. The highest BCUT2D eigenvalue weighted by Gasteiger charge is 2.13. The third kappa shape index (κ3) is 3.78. The highest BCUT2D eigenvalue weighted by Crippen LogP contribution is 2.23. The Morgan fingerprint density at radius 1 is 1.17 bits per heavy atom. The summed E-state index contributed by atoms with van der Waals surface area (Å²) in [5.74, 6) is 0.207. The van der Waals surface area contributed by atoms with E-state index in [-0.39, 0.29) is 18.5 Å². The molecule has 7 heteroatoms. The number of carbonyl (C=O) groups is 1. The van der Waals surface area contributed by atoms with Gasteiger partial charge in [-0.15, -0.1) is 10.2 Å². The molecule has 0 saturated carbocycles. The van der Waals surface area contributed by atoms with Gasteiger partial charge >= 0.3 is 0 Å². The molecular formula is C17H16ClN5O. The summed E-state index contributed by atoms with van der Waals surface area (Å²) in [6.45, 7) is 1.92. The number of aromatic nitrogens is 4. The molecule has 0 fully saturated rings. The van der Waals surface area contributed by atoms with E-state index in [1.807, 2.05) is 49.4 Å². The summed E-state index contributed by atoms with van der Waals surface area (Å²) in [5, 5.41) is 15.5. The lowest BCUT2D eigenvalue weighted by Gasteiger charge is -2.13. The van der Waals surface area contributed by atoms with Crippen LogP contribution >= 0.6 is 11.6 Å². The number of hydrogen-bond donors (Lipinski definition) is 1. The van der Waals surface area contributed by atoms with E-state index >= 15 is 0 Å². The Kier molecular flexibility index (Phi) is 4.86. The first-order valence-electron chi connectivity index (χ1n) is 7.50. The van der Waals surface area contributed by atoms with E-state index in [4.69, 9.17) is 11.6 Å². The highest BCUT2D eigenvalue weighted by molar-refractivity contribution is 6.33. The summed E-state index contributed by atoms with van der Waals surface area (Å²) in [5.41, 5.74) is 1.72. The first-order chi connectivity index (χ1) is 11.6. The Morgan fingerprint density at radius 3 is 2.62 bits per heavy atom. The van der Waals surface area contributed by atoms with Gasteiger partial charge in [-0.05, 0) is 29.8 Å². The molecule has 3 rings (SSSR count). The molecule has 1 amide bonds. The molecule has 0 aliphatic heterocycles. The van der Waals surface area contributed by atoms with Crippen LogP contribution in [0.25, 0.3) is 11.4 Å². The Morgan fingerprint density at radius 2 is 1.88 bits per heavy atom. The molecular weight excluding hydrogens is 326 g/mol. The van der Waals surface area contributed by atoms with Gasteiger partial charge in [-0.3, -0.25) is 4.79 Å². The maximum Gasteiger partial charge on any atom is 0.244 e. The normalized spacial score (nSPS) is 11.9. The molecule has 1 atom stereocenters. The van der Waals surface area contributed by atoms with Gasteiger partial charge in [0.15, 0.2) is 0 Å². The number of amides is 1. The molecule has 0 saturated heterocycles. The number of nitrogens with one attached hydrogen (secondary N) is 1. The molecule has 0 spiro atoms. The number of rotatable bonds is 5. The lowest BCUT2D eigenvalue weighted by atomic mass is 10.1. The molecule has 1 N–H and O–H groups in total. The van der Waals surface area contributed by atoms with Gasteiger partial charge in [0.2, 0.25) is 11.7 Å². The van der Waals surface area contributed by atoms with E-state index in [2.05, 4.69) is 20.7 Å². The maximum absolute atomic E-state index is 12.1. The van der Waals surface area contributed by atoms with Gasteiger partial charge in [-0.2, -0.15) is 4.80 Å². The van der Waals surface area contributed by atoms with Crippen LogP contribution in [0.4, 0.5) is 0 Å². The van der Waals surface area contributed by atoms with Crippen LogP contribution in [0.5, 0.6) is 0 Å². The Balaban J connectivity index is 1.65. The molecule has 2 aromatic carbocycles. The molecule has 122 valence electrons. The fourth-order valence-corrected chi connectivity index (χ4v) is 2.52. The molecule has 0 unspecified atom stereocenters. The number of carbonyl (C=O) groups excluding carboxylic acids is 1. The van der Waals surface area contributed by atoms with Crippen molar-refractivity contribution in [2.45, 2.75) is 19.5 Å². The summed E-state index contributed by atoms with van der Waals surface area (Å²) in [7, 11) is 0. The molecule has 1 heterocycles. The van der Waals surface area contributed by atoms with Crippen LogP contribution < -0.4 is 5.32 Å². The number of benzene rings is 2. The average molecular weight is 342 g/mol. The first kappa shape index (κ1) is 16.1. The van der Waals surface area contributed by atoms with Crippen LogP contribution in [0.3, 0.4) is 0 Å². The summed E-state index contributed by atoms with van der Waals surface area (Å²) in [6.07, 6.45) is 0. The molecule has 0 aliphatic rings. The Hall–Kier alpha value is -2.73. The maximum atomic E-state index is 12.1. The van der Waals surface area contributed by atoms with Gasteiger partial charge in [0.05, 0.1) is 11.1 Å². The largest absolute Gasteiger partial charge is 0.348 e. The van der Waals surface area contributed by atoms with Crippen LogP contribution in [0.1, 0.15) is 18.5 Å². The summed E-state index contributed by atoms with van der Waals surface area (Å²) in [6, 6.07) is 16.9. The molecule has 0 radical (unpaired) electrons. The lowest BCUT2D eigenvalue weighted by molar-refractivity contribution is -0.122. The number of hydrogen-bond acceptors (Lipinski definition) is 4. The summed E-state index contributed by atoms with van der Waals surface area (Å²) in [4.78, 5) is 13.4. The van der Waals surface area contributed by atoms with E-state index in [1.54, 1.807) is 12.1 Å². The molecule has 0 bridgehead atoms. The third-order valence-electron chi connectivity index (χ3n) is 3.53. The number of nitrogens with zero attached hydrogens (tertiary/aromatic N) is 4. The zero-order valence-electron chi connectivity index (χ0n) is 13.1. The Labute approximate surface area is 144 Å². The molecule has 0 aliphatic carbocycles. The monoisotopic (exact) mass is 341 g/mol. The second kappa shape index (κ2) is 7.23. The fourth-order valence-electron chi connectivity index (χ4n) is 2.30. The third-order valence-corrected chi connectivity index (χ3v) is 3.86. The van der Waals surface area contributed by atoms with Gasteiger partial charge in [0.25, 0.3) is 0 Å². The predicted molar refractivity (Wildman–Crippen MR) is 91.3 cm³/mol. The van der Waals surface area contributed by atoms with Crippen molar-refractivity contribution in [3.63, 3.8) is 0 Å². The van der Waals surface area contributed by atoms with Crippen LogP contribution in [-0.2, 0) is 11.3 Å². The average Bonchev–Trinajstić information content (AvgIpc) is 3.04. The topological polar surface area (TPSA) is 72.7 Å². The zero-order chi connectivity index (χ0) is 16.9. The van der Waals surface area contributed by atoms with E-state index in [0.29, 0.717) is 16.4 Å². The quantitative estimate of drug-likeness (QED) is 0.774. The molecule has 1 aromatic heterocycles. The van der Waals surface area contributed by atoms with Gasteiger partial charge in [0, 0.05) is 5.56 Å². The van der Waals surface area contributed by atoms with E-state index < -0.39 is 0 Å². The first-order valence-corrected chi connectivity index (χ1v) is 7.88. The molecule has 24 heavy (non-hydrogen) atoms. The van der Waals surface area contributed by atoms with Crippen molar-refractivity contribution in [3.05, 3.63) is 65.2 Å². The minimum absolute atomic E-state index is 0.00533. The minimum atomic E-state index is -0.186. The van der Waals surface area contributed by atoms with Gasteiger partial charge in [0.1, 0.15) is 6.54 Å². The van der Waals surface area contributed by atoms with E-state index in [0.717, 1.165) is 5.56 Å². The van der Waals surface area contributed by atoms with Crippen LogP contribution in [-0.4, -0.2) is 26.1 Å². The van der Waals surface area contributed by atoms with Crippen molar-refractivity contribution in [2.75, 3.05) is 0 Å². The highest BCUT2D eigenvalue weighted by atomic mass is 35.5. The van der Waals surface area contributed by atoms with Crippen LogP contribution in [0, 0.1) is 0 Å². The van der Waals surface area contributed by atoms with Gasteiger partial charge < -0.3 is 5.32 Å². The SMILES string of the molecule is C[C@@H](NC(=O)Cn1nnc(-c2ccccc2Cl)n1)c1ccccc1. The summed E-state index contributed by atoms with van der Waals surface area (Å²) >= 11 is 6.11.